The number of rotatable bonds is 3. The van der Waals surface area contributed by atoms with Crippen LogP contribution in [0.2, 0.25) is 0 Å². The van der Waals surface area contributed by atoms with Crippen LogP contribution in [0.5, 0.6) is 0 Å². The highest BCUT2D eigenvalue weighted by Gasteiger charge is 2.35. The maximum absolute atomic E-state index is 10.4. The average Bonchev–Trinajstić information content (AvgIpc) is 2.16. The summed E-state index contributed by atoms with van der Waals surface area (Å²) < 4.78 is 0. The van der Waals surface area contributed by atoms with Crippen molar-refractivity contribution >= 4 is 17.1 Å². The van der Waals surface area contributed by atoms with Crippen LogP contribution < -0.4 is 0 Å². The van der Waals surface area contributed by atoms with Crippen molar-refractivity contribution in [3.8, 4) is 0 Å². The van der Waals surface area contributed by atoms with Crippen LogP contribution in [0.15, 0.2) is 12.1 Å². The number of nitro groups is 3. The molecule has 0 aliphatic heterocycles. The number of nitrogens with zero attached hydrogens (tertiary/aromatic N) is 3. The Labute approximate surface area is 81.4 Å². The van der Waals surface area contributed by atoms with Gasteiger partial charge in [-0.2, -0.15) is 0 Å². The molecule has 1 aromatic rings. The van der Waals surface area contributed by atoms with Crippen LogP contribution in [0.1, 0.15) is 0 Å². The second-order valence-electron chi connectivity index (χ2n) is 2.35. The molecular formula is C6H2N3O6. The van der Waals surface area contributed by atoms with Gasteiger partial charge in [-0.1, -0.05) is 0 Å². The van der Waals surface area contributed by atoms with E-state index in [-0.39, 0.29) is 0 Å². The lowest BCUT2D eigenvalue weighted by molar-refractivity contribution is -0.441. The Morgan fingerprint density at radius 2 is 1.27 bits per heavy atom. The molecule has 0 fully saturated rings. The van der Waals surface area contributed by atoms with Crippen LogP contribution in [0.4, 0.5) is 17.1 Å². The number of hydrogen-bond acceptors (Lipinski definition) is 6. The quantitative estimate of drug-likeness (QED) is 0.546. The molecule has 0 spiro atoms. The molecule has 1 aromatic carbocycles. The summed E-state index contributed by atoms with van der Waals surface area (Å²) in [6.45, 7) is 0. The van der Waals surface area contributed by atoms with Crippen molar-refractivity contribution in [3.05, 3.63) is 48.5 Å². The SMILES string of the molecule is O=[N+]([O-])c1c[c]cc([N+](=O)[O-])c1[N+](=O)[O-]. The van der Waals surface area contributed by atoms with Gasteiger partial charge in [0.15, 0.2) is 0 Å². The third-order valence-corrected chi connectivity index (χ3v) is 1.50. The van der Waals surface area contributed by atoms with Crippen molar-refractivity contribution in [2.24, 2.45) is 0 Å². The zero-order chi connectivity index (χ0) is 11.6. The molecule has 0 saturated carbocycles. The standard InChI is InChI=1S/C6H2N3O6/c10-7(11)4-2-1-3-5(8(12)13)6(4)9(14)15/h2-3H. The monoisotopic (exact) mass is 212 g/mol. The third-order valence-electron chi connectivity index (χ3n) is 1.50. The second-order valence-corrected chi connectivity index (χ2v) is 2.35. The fourth-order valence-corrected chi connectivity index (χ4v) is 0.933. The van der Waals surface area contributed by atoms with Gasteiger partial charge < -0.3 is 0 Å². The fourth-order valence-electron chi connectivity index (χ4n) is 0.933. The zero-order valence-corrected chi connectivity index (χ0v) is 6.95. The molecule has 1 rings (SSSR count). The molecule has 9 nitrogen and oxygen atoms in total. The average molecular weight is 212 g/mol. The molecule has 9 heteroatoms. The minimum absolute atomic E-state index is 0.713. The highest BCUT2D eigenvalue weighted by Crippen LogP contribution is 2.35. The van der Waals surface area contributed by atoms with E-state index in [1.807, 2.05) is 0 Å². The van der Waals surface area contributed by atoms with Gasteiger partial charge in [-0.25, -0.2) is 0 Å². The van der Waals surface area contributed by atoms with Gasteiger partial charge in [-0.3, -0.25) is 30.3 Å². The molecule has 0 amide bonds. The normalized spacial score (nSPS) is 9.60. The third kappa shape index (κ3) is 1.85. The van der Waals surface area contributed by atoms with E-state index < -0.39 is 31.8 Å². The lowest BCUT2D eigenvalue weighted by atomic mass is 10.2. The fraction of sp³-hybridized carbons (Fsp3) is 0. The van der Waals surface area contributed by atoms with E-state index in [0.717, 1.165) is 0 Å². The Balaban J connectivity index is 3.56. The van der Waals surface area contributed by atoms with Gasteiger partial charge in [0, 0.05) is 12.1 Å². The van der Waals surface area contributed by atoms with E-state index >= 15 is 0 Å². The van der Waals surface area contributed by atoms with Gasteiger partial charge in [0.1, 0.15) is 0 Å². The molecule has 0 aromatic heterocycles. The molecule has 0 bridgehead atoms. The van der Waals surface area contributed by atoms with E-state index in [1.165, 1.54) is 0 Å². The molecule has 15 heavy (non-hydrogen) atoms. The smallest absolute Gasteiger partial charge is 0.258 e. The first-order valence-corrected chi connectivity index (χ1v) is 3.42. The van der Waals surface area contributed by atoms with E-state index in [2.05, 4.69) is 6.07 Å². The van der Waals surface area contributed by atoms with Crippen molar-refractivity contribution in [2.75, 3.05) is 0 Å². The Morgan fingerprint density at radius 3 is 1.53 bits per heavy atom. The number of nitro benzene ring substituents is 3. The summed E-state index contributed by atoms with van der Waals surface area (Å²) in [4.78, 5) is 27.9. The summed E-state index contributed by atoms with van der Waals surface area (Å²) >= 11 is 0. The predicted octanol–water partition coefficient (Wildman–Crippen LogP) is 1.21. The van der Waals surface area contributed by atoms with Crippen molar-refractivity contribution in [2.45, 2.75) is 0 Å². The molecule has 0 aliphatic rings. The maximum atomic E-state index is 10.4. The lowest BCUT2D eigenvalue weighted by Crippen LogP contribution is -2.00. The lowest BCUT2D eigenvalue weighted by Gasteiger charge is -1.94. The molecule has 0 unspecified atom stereocenters. The first-order valence-electron chi connectivity index (χ1n) is 3.42. The van der Waals surface area contributed by atoms with Gasteiger partial charge in [-0.15, -0.1) is 0 Å². The Bertz CT molecular complexity index is 424. The summed E-state index contributed by atoms with van der Waals surface area (Å²) in [6, 6.07) is 3.53. The molecule has 0 aliphatic carbocycles. The number of hydrogen-bond donors (Lipinski definition) is 0. The van der Waals surface area contributed by atoms with Crippen LogP contribution in [0.3, 0.4) is 0 Å². The van der Waals surface area contributed by atoms with E-state index in [9.17, 15) is 30.3 Å². The zero-order valence-electron chi connectivity index (χ0n) is 6.95. The first-order chi connectivity index (χ1) is 6.95. The highest BCUT2D eigenvalue weighted by molar-refractivity contribution is 5.65. The van der Waals surface area contributed by atoms with E-state index in [4.69, 9.17) is 0 Å². The Hall–Kier alpha value is -2.58. The van der Waals surface area contributed by atoms with Crippen LogP contribution in [0, 0.1) is 36.4 Å². The van der Waals surface area contributed by atoms with E-state index in [0.29, 0.717) is 12.1 Å². The Morgan fingerprint density at radius 1 is 0.867 bits per heavy atom. The van der Waals surface area contributed by atoms with Gasteiger partial charge in [0.2, 0.25) is 0 Å². The van der Waals surface area contributed by atoms with Gasteiger partial charge in [0.05, 0.1) is 14.8 Å². The summed E-state index contributed by atoms with van der Waals surface area (Å²) in [5.41, 5.74) is -3.04. The van der Waals surface area contributed by atoms with Crippen LogP contribution in [-0.2, 0) is 0 Å². The summed E-state index contributed by atoms with van der Waals surface area (Å²) in [6.07, 6.45) is 0. The predicted molar refractivity (Wildman–Crippen MR) is 45.2 cm³/mol. The summed E-state index contributed by atoms with van der Waals surface area (Å²) in [5.74, 6) is 0. The van der Waals surface area contributed by atoms with Crippen LogP contribution in [-0.4, -0.2) is 14.8 Å². The second kappa shape index (κ2) is 3.65. The van der Waals surface area contributed by atoms with E-state index in [1.54, 1.807) is 0 Å². The van der Waals surface area contributed by atoms with Crippen molar-refractivity contribution in [1.82, 2.24) is 0 Å². The van der Waals surface area contributed by atoms with Crippen LogP contribution >= 0.6 is 0 Å². The molecule has 0 N–H and O–H groups in total. The summed E-state index contributed by atoms with van der Waals surface area (Å²) in [7, 11) is 0. The van der Waals surface area contributed by atoms with Gasteiger partial charge in [-0.05, 0) is 6.07 Å². The molecule has 77 valence electrons. The number of benzene rings is 1. The maximum Gasteiger partial charge on any atom is 0.422 e. The largest absolute Gasteiger partial charge is 0.422 e. The van der Waals surface area contributed by atoms with Crippen molar-refractivity contribution in [3.63, 3.8) is 0 Å². The van der Waals surface area contributed by atoms with Gasteiger partial charge >= 0.3 is 17.1 Å². The molecule has 0 saturated heterocycles. The first kappa shape index (κ1) is 10.5. The highest BCUT2D eigenvalue weighted by atomic mass is 16.6. The van der Waals surface area contributed by atoms with Gasteiger partial charge in [0.25, 0.3) is 0 Å². The Kier molecular flexibility index (Phi) is 2.56. The molecule has 0 heterocycles. The molecule has 0 atom stereocenters. The van der Waals surface area contributed by atoms with Crippen LogP contribution in [0.25, 0.3) is 0 Å². The minimum Gasteiger partial charge on any atom is -0.258 e. The minimum atomic E-state index is -1.16. The topological polar surface area (TPSA) is 129 Å². The summed E-state index contributed by atoms with van der Waals surface area (Å²) in [5, 5.41) is 31.2. The van der Waals surface area contributed by atoms with Crippen molar-refractivity contribution < 1.29 is 14.8 Å². The molecule has 1 radical (unpaired) electrons. The van der Waals surface area contributed by atoms with Crippen molar-refractivity contribution in [1.29, 1.82) is 0 Å². The molecular weight excluding hydrogens is 210 g/mol.